The van der Waals surface area contributed by atoms with Crippen molar-refractivity contribution in [3.05, 3.63) is 93.4 Å². The molecule has 0 radical (unpaired) electrons. The molecule has 0 saturated heterocycles. The third-order valence-electron chi connectivity index (χ3n) is 3.71. The third-order valence-corrected chi connectivity index (χ3v) is 3.71. The molecule has 0 fully saturated rings. The molecule has 1 aromatic carbocycles. The summed E-state index contributed by atoms with van der Waals surface area (Å²) in [6.07, 6.45) is 1.91. The number of nitrogens with zero attached hydrogens (tertiary/aromatic N) is 3. The van der Waals surface area contributed by atoms with Crippen LogP contribution in [0.1, 0.15) is 5.69 Å². The van der Waals surface area contributed by atoms with Gasteiger partial charge in [-0.3, -0.25) is 40.1 Å². The summed E-state index contributed by atoms with van der Waals surface area (Å²) in [5.41, 5.74) is -6.95. The predicted molar refractivity (Wildman–Crippen MR) is 100 cm³/mol. The Balaban J connectivity index is 0.000000412. The molecular weight excluding hydrogens is 420 g/mol. The molecule has 0 saturated carbocycles. The molecule has 0 bridgehead atoms. The number of nitro groups is 3. The van der Waals surface area contributed by atoms with Crippen molar-refractivity contribution in [1.29, 1.82) is 0 Å². The predicted octanol–water partition coefficient (Wildman–Crippen LogP) is 0.338. The van der Waals surface area contributed by atoms with Crippen LogP contribution < -0.4 is 21.3 Å². The van der Waals surface area contributed by atoms with Crippen molar-refractivity contribution in [3.63, 3.8) is 0 Å². The van der Waals surface area contributed by atoms with E-state index in [9.17, 15) is 45.0 Å². The molecule has 2 heterocycles. The van der Waals surface area contributed by atoms with E-state index < -0.39 is 60.1 Å². The number of rotatable bonds is 4. The van der Waals surface area contributed by atoms with E-state index in [1.807, 2.05) is 31.3 Å². The summed E-state index contributed by atoms with van der Waals surface area (Å²) < 4.78 is 0. The van der Waals surface area contributed by atoms with Gasteiger partial charge in [0.1, 0.15) is 5.56 Å². The van der Waals surface area contributed by atoms with Gasteiger partial charge in [-0.25, -0.2) is 9.78 Å². The lowest BCUT2D eigenvalue weighted by Crippen LogP contribution is -2.26. The molecule has 3 aromatic rings. The average Bonchev–Trinajstić information content (AvgIpc) is 2.67. The van der Waals surface area contributed by atoms with E-state index >= 15 is 0 Å². The number of non-ortho nitro benzene ring substituents is 1. The average molecular weight is 432 g/mol. The zero-order valence-corrected chi connectivity index (χ0v) is 15.5. The van der Waals surface area contributed by atoms with Crippen LogP contribution in [0, 0.1) is 37.3 Å². The van der Waals surface area contributed by atoms with Crippen LogP contribution in [0.25, 0.3) is 11.1 Å². The molecule has 0 atom stereocenters. The van der Waals surface area contributed by atoms with Gasteiger partial charge in [0, 0.05) is 19.1 Å². The summed E-state index contributed by atoms with van der Waals surface area (Å²) in [4.78, 5) is 58.4. The second-order valence-electron chi connectivity index (χ2n) is 5.79. The largest absolute Gasteiger partial charge is 0.860 e. The third kappa shape index (κ3) is 5.11. The maximum atomic E-state index is 11.8. The van der Waals surface area contributed by atoms with Crippen molar-refractivity contribution in [2.75, 3.05) is 0 Å². The number of benzene rings is 1. The molecule has 3 N–H and O–H groups in total. The first-order chi connectivity index (χ1) is 14.5. The first-order valence-electron chi connectivity index (χ1n) is 8.11. The summed E-state index contributed by atoms with van der Waals surface area (Å²) in [5, 5.41) is 44.8. The van der Waals surface area contributed by atoms with Gasteiger partial charge < -0.3 is 10.1 Å². The maximum Gasteiger partial charge on any atom is 0.325 e. The molecule has 0 aliphatic heterocycles. The Morgan fingerprint density at radius 3 is 1.81 bits per heavy atom. The Bertz CT molecular complexity index is 1250. The molecule has 0 unspecified atom stereocenters. The summed E-state index contributed by atoms with van der Waals surface area (Å²) >= 11 is 0. The summed E-state index contributed by atoms with van der Waals surface area (Å²) in [6.45, 7) is 2.03. The van der Waals surface area contributed by atoms with Crippen molar-refractivity contribution >= 4 is 17.1 Å². The maximum absolute atomic E-state index is 11.8. The lowest BCUT2D eigenvalue weighted by molar-refractivity contribution is -0.402. The minimum absolute atomic E-state index is 0.367. The number of hydrogen-bond acceptors (Lipinski definition) is 9. The first-order valence-corrected chi connectivity index (χ1v) is 8.11. The van der Waals surface area contributed by atoms with Crippen molar-refractivity contribution in [3.8, 4) is 17.0 Å². The molecule has 15 nitrogen and oxygen atoms in total. The van der Waals surface area contributed by atoms with Gasteiger partial charge in [-0.15, -0.1) is 0 Å². The fourth-order valence-corrected chi connectivity index (χ4v) is 2.42. The molecular formula is C16H12N6O9. The number of aromatic amines is 3. The first kappa shape index (κ1) is 22.3. The topological polar surface area (TPSA) is 232 Å². The molecule has 160 valence electrons. The van der Waals surface area contributed by atoms with Gasteiger partial charge in [0.2, 0.25) is 0 Å². The minimum atomic E-state index is -1.41. The van der Waals surface area contributed by atoms with Gasteiger partial charge in [-0.05, 0) is 5.88 Å². The fraction of sp³-hybridized carbons (Fsp3) is 0.0625. The van der Waals surface area contributed by atoms with E-state index in [0.717, 1.165) is 0 Å². The monoisotopic (exact) mass is 432 g/mol. The molecule has 0 aliphatic rings. The Hall–Kier alpha value is -4.95. The minimum Gasteiger partial charge on any atom is -0.860 e. The van der Waals surface area contributed by atoms with Crippen molar-refractivity contribution in [2.45, 2.75) is 6.92 Å². The second-order valence-corrected chi connectivity index (χ2v) is 5.79. The van der Waals surface area contributed by atoms with Crippen molar-refractivity contribution in [1.82, 2.24) is 9.97 Å². The van der Waals surface area contributed by atoms with Crippen LogP contribution in [0.3, 0.4) is 0 Å². The van der Waals surface area contributed by atoms with E-state index in [4.69, 9.17) is 0 Å². The number of pyridine rings is 1. The second kappa shape index (κ2) is 9.03. The number of hydrogen-bond donors (Lipinski definition) is 2. The Labute approximate surface area is 170 Å². The number of aromatic nitrogens is 3. The van der Waals surface area contributed by atoms with E-state index in [2.05, 4.69) is 4.98 Å². The Morgan fingerprint density at radius 2 is 1.45 bits per heavy atom. The van der Waals surface area contributed by atoms with Crippen LogP contribution in [0.2, 0.25) is 0 Å². The van der Waals surface area contributed by atoms with Crippen molar-refractivity contribution < 1.29 is 24.9 Å². The number of aryl methyl sites for hydroxylation is 1. The highest BCUT2D eigenvalue weighted by Gasteiger charge is 2.33. The fourth-order valence-electron chi connectivity index (χ4n) is 2.42. The molecule has 0 amide bonds. The SMILES string of the molecule is Cc1cccc[nH+]1.O=c1[nH]c([O-])c(-c2c([N+](=O)[O-])cc([N+](=O)[O-])cc2[N+](=O)[O-])c(=O)[nH]1. The van der Waals surface area contributed by atoms with Crippen LogP contribution in [0.5, 0.6) is 5.88 Å². The molecule has 0 aliphatic carbocycles. The van der Waals surface area contributed by atoms with Gasteiger partial charge in [-0.2, -0.15) is 0 Å². The van der Waals surface area contributed by atoms with E-state index in [1.165, 1.54) is 5.69 Å². The van der Waals surface area contributed by atoms with Crippen LogP contribution in [0.4, 0.5) is 17.1 Å². The van der Waals surface area contributed by atoms with Crippen LogP contribution in [-0.4, -0.2) is 24.7 Å². The highest BCUT2D eigenvalue weighted by Crippen LogP contribution is 2.41. The van der Waals surface area contributed by atoms with Gasteiger partial charge in [-0.1, -0.05) is 6.07 Å². The highest BCUT2D eigenvalue weighted by molar-refractivity contribution is 5.85. The summed E-state index contributed by atoms with van der Waals surface area (Å²) in [7, 11) is 0. The standard InChI is InChI=1S/C10H5N5O9.C6H7N/c16-8-7(9(17)12-10(18)11-8)6-4(14(21)22)1-3(13(19)20)2-5(6)15(23)24;1-6-4-2-3-5-7-6/h1-2H,(H3,11,12,16,17,18);2-5H,1H3. The zero-order valence-electron chi connectivity index (χ0n) is 15.5. The van der Waals surface area contributed by atoms with E-state index in [1.54, 1.807) is 9.97 Å². The van der Waals surface area contributed by atoms with Crippen molar-refractivity contribution in [2.24, 2.45) is 0 Å². The molecule has 2 aromatic heterocycles. The van der Waals surface area contributed by atoms with Gasteiger partial charge in [0.05, 0.1) is 32.5 Å². The summed E-state index contributed by atoms with van der Waals surface area (Å²) in [6, 6.07) is 6.73. The summed E-state index contributed by atoms with van der Waals surface area (Å²) in [5.74, 6) is -1.41. The molecule has 15 heteroatoms. The van der Waals surface area contributed by atoms with E-state index in [0.29, 0.717) is 12.1 Å². The molecule has 0 spiro atoms. The molecule has 3 rings (SSSR count). The highest BCUT2D eigenvalue weighted by atomic mass is 16.6. The van der Waals surface area contributed by atoms with Gasteiger partial charge in [0.25, 0.3) is 22.6 Å². The van der Waals surface area contributed by atoms with Crippen LogP contribution >= 0.6 is 0 Å². The van der Waals surface area contributed by atoms with Gasteiger partial charge >= 0.3 is 5.69 Å². The number of nitro benzene ring substituents is 3. The molecule has 31 heavy (non-hydrogen) atoms. The van der Waals surface area contributed by atoms with Crippen LogP contribution in [0.15, 0.2) is 46.1 Å². The van der Waals surface area contributed by atoms with E-state index in [-0.39, 0.29) is 0 Å². The zero-order chi connectivity index (χ0) is 23.3. The number of nitrogens with one attached hydrogen (secondary N) is 3. The van der Waals surface area contributed by atoms with Gasteiger partial charge in [0.15, 0.2) is 11.9 Å². The van der Waals surface area contributed by atoms with Crippen LogP contribution in [-0.2, 0) is 0 Å². The lowest BCUT2D eigenvalue weighted by Gasteiger charge is -2.11. The Morgan fingerprint density at radius 1 is 0.871 bits per heavy atom. The smallest absolute Gasteiger partial charge is 0.325 e. The normalized spacial score (nSPS) is 9.97. The Kier molecular flexibility index (Phi) is 6.51. The number of H-pyrrole nitrogens is 3. The lowest BCUT2D eigenvalue weighted by atomic mass is 10.0. The quantitative estimate of drug-likeness (QED) is 0.426.